The van der Waals surface area contributed by atoms with Crippen molar-refractivity contribution in [1.82, 2.24) is 0 Å². The van der Waals surface area contributed by atoms with Crippen molar-refractivity contribution in [2.75, 3.05) is 18.1 Å². The number of benzene rings is 1. The summed E-state index contributed by atoms with van der Waals surface area (Å²) >= 11 is 9.17. The lowest BCUT2D eigenvalue weighted by molar-refractivity contribution is -0.105. The van der Waals surface area contributed by atoms with Gasteiger partial charge in [0.25, 0.3) is 0 Å². The number of hydrogen-bond donors (Lipinski definition) is 1. The van der Waals surface area contributed by atoms with Crippen molar-refractivity contribution in [3.63, 3.8) is 0 Å². The zero-order valence-electron chi connectivity index (χ0n) is 10.7. The Balaban J connectivity index is 3.06. The number of nitrogens with zero attached hydrogens (tertiary/aromatic N) is 1. The summed E-state index contributed by atoms with van der Waals surface area (Å²) in [5, 5.41) is 2.02. The molecule has 1 rings (SSSR count). The van der Waals surface area contributed by atoms with Crippen LogP contribution in [0.5, 0.6) is 0 Å². The molecule has 11 heteroatoms. The molecule has 0 unspecified atom stereocenters. The lowest BCUT2D eigenvalue weighted by atomic mass is 10.3. The van der Waals surface area contributed by atoms with E-state index in [0.29, 0.717) is 11.8 Å². The first-order chi connectivity index (χ1) is 9.94. The van der Waals surface area contributed by atoms with Crippen molar-refractivity contribution in [2.24, 2.45) is 4.99 Å². The van der Waals surface area contributed by atoms with Crippen molar-refractivity contribution in [2.45, 2.75) is 17.2 Å². The number of nitrogens with one attached hydrogen (secondary N) is 1. The number of thioether (sulfide) groups is 1. The molecule has 0 heterocycles. The SMILES string of the molecule is CN=C(Nc1cc(SCC(F)(F)F)c(Cl)cc1Br)C(F)(F)F. The monoisotopic (exact) mass is 428 g/mol. The smallest absolute Gasteiger partial charge is 0.335 e. The Morgan fingerprint density at radius 2 is 1.86 bits per heavy atom. The van der Waals surface area contributed by atoms with E-state index in [-0.39, 0.29) is 20.1 Å². The van der Waals surface area contributed by atoms with E-state index in [2.05, 4.69) is 20.9 Å². The van der Waals surface area contributed by atoms with Crippen LogP contribution in [-0.4, -0.2) is 31.0 Å². The fourth-order valence-corrected chi connectivity index (χ4v) is 2.89. The molecule has 0 aliphatic carbocycles. The van der Waals surface area contributed by atoms with Gasteiger partial charge in [-0.15, -0.1) is 11.8 Å². The Hall–Kier alpha value is -0.610. The highest BCUT2D eigenvalue weighted by atomic mass is 79.9. The van der Waals surface area contributed by atoms with Crippen LogP contribution in [0.1, 0.15) is 0 Å². The van der Waals surface area contributed by atoms with E-state index in [1.807, 2.05) is 5.32 Å². The molecule has 0 atom stereocenters. The maximum Gasteiger partial charge on any atom is 0.449 e. The van der Waals surface area contributed by atoms with Gasteiger partial charge >= 0.3 is 12.4 Å². The van der Waals surface area contributed by atoms with Gasteiger partial charge in [-0.1, -0.05) is 11.6 Å². The average molecular weight is 430 g/mol. The molecule has 0 amide bonds. The van der Waals surface area contributed by atoms with Gasteiger partial charge in [-0.3, -0.25) is 4.99 Å². The largest absolute Gasteiger partial charge is 0.449 e. The summed E-state index contributed by atoms with van der Waals surface area (Å²) < 4.78 is 74.7. The lowest BCUT2D eigenvalue weighted by Crippen LogP contribution is -2.30. The zero-order valence-corrected chi connectivity index (χ0v) is 13.9. The van der Waals surface area contributed by atoms with E-state index in [1.165, 1.54) is 6.07 Å². The average Bonchev–Trinajstić information content (AvgIpc) is 2.33. The number of amidine groups is 1. The lowest BCUT2D eigenvalue weighted by Gasteiger charge is -2.15. The number of rotatable bonds is 3. The minimum Gasteiger partial charge on any atom is -0.335 e. The van der Waals surface area contributed by atoms with Crippen molar-refractivity contribution in [3.8, 4) is 0 Å². The second-order valence-corrected chi connectivity index (χ2v) is 6.14. The third-order valence-corrected chi connectivity index (χ3v) is 4.36. The molecule has 1 aromatic rings. The van der Waals surface area contributed by atoms with Crippen LogP contribution in [0.15, 0.2) is 26.5 Å². The molecule has 0 spiro atoms. The van der Waals surface area contributed by atoms with Crippen LogP contribution in [0.2, 0.25) is 5.02 Å². The van der Waals surface area contributed by atoms with E-state index in [4.69, 9.17) is 11.6 Å². The number of anilines is 1. The molecule has 1 N–H and O–H groups in total. The van der Waals surface area contributed by atoms with Gasteiger partial charge in [0.2, 0.25) is 5.84 Å². The highest BCUT2D eigenvalue weighted by Gasteiger charge is 2.36. The normalized spacial score (nSPS) is 13.4. The van der Waals surface area contributed by atoms with Crippen molar-refractivity contribution in [1.29, 1.82) is 0 Å². The van der Waals surface area contributed by atoms with Crippen LogP contribution in [0.3, 0.4) is 0 Å². The molecular weight excluding hydrogens is 422 g/mol. The zero-order chi connectivity index (χ0) is 17.1. The van der Waals surface area contributed by atoms with Crippen LogP contribution >= 0.6 is 39.3 Å². The molecule has 0 saturated carbocycles. The molecule has 0 bridgehead atoms. The fraction of sp³-hybridized carbons (Fsp3) is 0.364. The van der Waals surface area contributed by atoms with E-state index in [1.54, 1.807) is 0 Å². The van der Waals surface area contributed by atoms with Gasteiger partial charge in [0.15, 0.2) is 0 Å². The van der Waals surface area contributed by atoms with E-state index < -0.39 is 23.9 Å². The summed E-state index contributed by atoms with van der Waals surface area (Å²) in [6, 6.07) is 2.31. The molecule has 1 aromatic carbocycles. The van der Waals surface area contributed by atoms with Crippen molar-refractivity contribution >= 4 is 50.8 Å². The Morgan fingerprint density at radius 3 is 2.32 bits per heavy atom. The first-order valence-electron chi connectivity index (χ1n) is 5.43. The van der Waals surface area contributed by atoms with Crippen molar-refractivity contribution in [3.05, 3.63) is 21.6 Å². The summed E-state index contributed by atoms with van der Waals surface area (Å²) in [6.07, 6.45) is -9.14. The molecule has 0 aliphatic rings. The first kappa shape index (κ1) is 19.4. The Bertz CT molecular complexity index is 573. The van der Waals surface area contributed by atoms with Crippen LogP contribution in [-0.2, 0) is 0 Å². The second-order valence-electron chi connectivity index (χ2n) is 3.86. The van der Waals surface area contributed by atoms with Crippen LogP contribution in [0.4, 0.5) is 32.0 Å². The van der Waals surface area contributed by atoms with Crippen molar-refractivity contribution < 1.29 is 26.3 Å². The van der Waals surface area contributed by atoms with Gasteiger partial charge < -0.3 is 5.32 Å². The predicted octanol–water partition coefficient (Wildman–Crippen LogP) is 5.76. The Morgan fingerprint density at radius 1 is 1.27 bits per heavy atom. The van der Waals surface area contributed by atoms with E-state index >= 15 is 0 Å². The maximum absolute atomic E-state index is 12.6. The summed E-state index contributed by atoms with van der Waals surface area (Å²) in [5.74, 6) is -2.48. The number of alkyl halides is 6. The third-order valence-electron chi connectivity index (χ3n) is 2.16. The molecule has 0 radical (unpaired) electrons. The summed E-state index contributed by atoms with van der Waals surface area (Å²) in [6.45, 7) is 0. The topological polar surface area (TPSA) is 24.4 Å². The van der Waals surface area contributed by atoms with E-state index in [9.17, 15) is 26.3 Å². The van der Waals surface area contributed by atoms with Crippen LogP contribution in [0.25, 0.3) is 0 Å². The molecule has 0 saturated heterocycles. The molecular formula is C11H8BrClF6N2S. The summed E-state index contributed by atoms with van der Waals surface area (Å²) in [5.41, 5.74) is -0.0907. The molecule has 124 valence electrons. The first-order valence-corrected chi connectivity index (χ1v) is 7.59. The molecule has 0 fully saturated rings. The fourth-order valence-electron chi connectivity index (χ4n) is 1.28. The quantitative estimate of drug-likeness (QED) is 0.286. The summed E-state index contributed by atoms with van der Waals surface area (Å²) in [4.78, 5) is 3.08. The molecule has 0 aromatic heterocycles. The number of aliphatic imine (C=N–C) groups is 1. The predicted molar refractivity (Wildman–Crippen MR) is 79.0 cm³/mol. The minimum absolute atomic E-state index is 0.00215. The highest BCUT2D eigenvalue weighted by molar-refractivity contribution is 9.10. The van der Waals surface area contributed by atoms with Gasteiger partial charge in [0, 0.05) is 16.4 Å². The van der Waals surface area contributed by atoms with Gasteiger partial charge in [0.1, 0.15) is 0 Å². The van der Waals surface area contributed by atoms with E-state index in [0.717, 1.165) is 13.1 Å². The van der Waals surface area contributed by atoms with Crippen LogP contribution < -0.4 is 5.32 Å². The standard InChI is InChI=1S/C11H8BrClF6N2S/c1-20-9(11(17,18)19)21-7-3-8(6(13)2-5(7)12)22-4-10(14,15)16/h2-3H,4H2,1H3,(H,20,21). The Kier molecular flexibility index (Phi) is 6.46. The minimum atomic E-state index is -4.72. The maximum atomic E-state index is 12.6. The Labute approximate surface area is 139 Å². The number of hydrogen-bond acceptors (Lipinski definition) is 2. The number of halogens is 8. The molecule has 2 nitrogen and oxygen atoms in total. The third kappa shape index (κ3) is 5.88. The van der Waals surface area contributed by atoms with Crippen LogP contribution in [0, 0.1) is 0 Å². The van der Waals surface area contributed by atoms with Gasteiger partial charge in [-0.2, -0.15) is 26.3 Å². The van der Waals surface area contributed by atoms with Gasteiger partial charge in [0.05, 0.1) is 16.5 Å². The molecule has 0 aliphatic heterocycles. The molecule has 22 heavy (non-hydrogen) atoms. The highest BCUT2D eigenvalue weighted by Crippen LogP contribution is 2.38. The van der Waals surface area contributed by atoms with Gasteiger partial charge in [-0.05, 0) is 28.1 Å². The van der Waals surface area contributed by atoms with Gasteiger partial charge in [-0.25, -0.2) is 0 Å². The second kappa shape index (κ2) is 7.31. The summed E-state index contributed by atoms with van der Waals surface area (Å²) in [7, 11) is 0.943.